The van der Waals surface area contributed by atoms with E-state index in [0.29, 0.717) is 0 Å². The number of fused-ring (bicyclic) bond motifs is 1. The molecular weight excluding hydrogens is 200 g/mol. The summed E-state index contributed by atoms with van der Waals surface area (Å²) in [5.41, 5.74) is 7.84. The summed E-state index contributed by atoms with van der Waals surface area (Å²) in [4.78, 5) is 9.00. The predicted molar refractivity (Wildman–Crippen MR) is 65.3 cm³/mol. The zero-order chi connectivity index (χ0) is 11.7. The standard InChI is InChI=1S/C12H18N4/c1-4-16-11(8(2)9(3)13)15-10-6-5-7-14-12(10)16/h5-9H,4,13H2,1-3H3. The number of nitrogens with two attached hydrogens (primary N) is 1. The Kier molecular flexibility index (Phi) is 2.92. The van der Waals surface area contributed by atoms with Crippen molar-refractivity contribution < 1.29 is 0 Å². The molecular formula is C12H18N4. The molecule has 0 aliphatic heterocycles. The van der Waals surface area contributed by atoms with Gasteiger partial charge in [0.05, 0.1) is 0 Å². The summed E-state index contributed by atoms with van der Waals surface area (Å²) in [6, 6.07) is 4.00. The minimum atomic E-state index is 0.0992. The molecule has 2 atom stereocenters. The van der Waals surface area contributed by atoms with Gasteiger partial charge in [0, 0.05) is 24.7 Å². The van der Waals surface area contributed by atoms with E-state index < -0.39 is 0 Å². The molecule has 0 aromatic carbocycles. The van der Waals surface area contributed by atoms with Crippen molar-refractivity contribution in [3.8, 4) is 0 Å². The summed E-state index contributed by atoms with van der Waals surface area (Å²) in [6.07, 6.45) is 1.80. The Morgan fingerprint density at radius 3 is 2.81 bits per heavy atom. The van der Waals surface area contributed by atoms with Crippen molar-refractivity contribution in [1.29, 1.82) is 0 Å². The molecule has 0 bridgehead atoms. The lowest BCUT2D eigenvalue weighted by Gasteiger charge is -2.16. The van der Waals surface area contributed by atoms with Crippen LogP contribution in [-0.2, 0) is 6.54 Å². The molecule has 2 aromatic rings. The van der Waals surface area contributed by atoms with E-state index in [1.165, 1.54) is 0 Å². The molecule has 4 heteroatoms. The fourth-order valence-electron chi connectivity index (χ4n) is 1.87. The van der Waals surface area contributed by atoms with Crippen molar-refractivity contribution in [2.24, 2.45) is 5.73 Å². The van der Waals surface area contributed by atoms with Crippen LogP contribution < -0.4 is 5.73 Å². The normalized spacial score (nSPS) is 15.2. The largest absolute Gasteiger partial charge is 0.327 e. The third kappa shape index (κ3) is 1.69. The lowest BCUT2D eigenvalue weighted by molar-refractivity contribution is 0.550. The first-order valence-electron chi connectivity index (χ1n) is 5.71. The first-order chi connectivity index (χ1) is 7.65. The molecule has 2 aromatic heterocycles. The number of rotatable bonds is 3. The molecule has 0 radical (unpaired) electrons. The van der Waals surface area contributed by atoms with Gasteiger partial charge in [-0.1, -0.05) is 6.92 Å². The summed E-state index contributed by atoms with van der Waals surface area (Å²) in [5.74, 6) is 1.28. The minimum Gasteiger partial charge on any atom is -0.327 e. The zero-order valence-corrected chi connectivity index (χ0v) is 10.0. The first-order valence-corrected chi connectivity index (χ1v) is 5.71. The Morgan fingerprint density at radius 1 is 1.44 bits per heavy atom. The van der Waals surface area contributed by atoms with Gasteiger partial charge in [-0.2, -0.15) is 0 Å². The molecule has 0 amide bonds. The van der Waals surface area contributed by atoms with Crippen molar-refractivity contribution in [2.75, 3.05) is 0 Å². The number of pyridine rings is 1. The minimum absolute atomic E-state index is 0.0992. The van der Waals surface area contributed by atoms with Crippen LogP contribution >= 0.6 is 0 Å². The van der Waals surface area contributed by atoms with Crippen LogP contribution in [0.5, 0.6) is 0 Å². The van der Waals surface area contributed by atoms with Crippen LogP contribution in [0.15, 0.2) is 18.3 Å². The Bertz CT molecular complexity index is 487. The molecule has 0 aliphatic carbocycles. The van der Waals surface area contributed by atoms with Crippen LogP contribution in [0.1, 0.15) is 32.5 Å². The van der Waals surface area contributed by atoms with E-state index in [0.717, 1.165) is 23.5 Å². The highest BCUT2D eigenvalue weighted by molar-refractivity contribution is 5.71. The smallest absolute Gasteiger partial charge is 0.159 e. The van der Waals surface area contributed by atoms with E-state index >= 15 is 0 Å². The van der Waals surface area contributed by atoms with Crippen molar-refractivity contribution in [3.05, 3.63) is 24.2 Å². The van der Waals surface area contributed by atoms with Crippen LogP contribution in [-0.4, -0.2) is 20.6 Å². The SMILES string of the molecule is CCn1c(C(C)C(C)N)nc2cccnc21. The molecule has 86 valence electrons. The van der Waals surface area contributed by atoms with E-state index in [1.807, 2.05) is 19.1 Å². The van der Waals surface area contributed by atoms with Gasteiger partial charge in [-0.3, -0.25) is 0 Å². The van der Waals surface area contributed by atoms with E-state index in [2.05, 4.69) is 28.4 Å². The summed E-state index contributed by atoms with van der Waals surface area (Å²) < 4.78 is 2.14. The van der Waals surface area contributed by atoms with Gasteiger partial charge in [-0.25, -0.2) is 9.97 Å². The lowest BCUT2D eigenvalue weighted by Crippen LogP contribution is -2.25. The topological polar surface area (TPSA) is 56.7 Å². The van der Waals surface area contributed by atoms with Crippen LogP contribution in [0, 0.1) is 0 Å². The van der Waals surface area contributed by atoms with E-state index in [1.54, 1.807) is 6.20 Å². The van der Waals surface area contributed by atoms with E-state index in [4.69, 9.17) is 5.73 Å². The van der Waals surface area contributed by atoms with Crippen LogP contribution in [0.25, 0.3) is 11.2 Å². The van der Waals surface area contributed by atoms with Gasteiger partial charge in [-0.15, -0.1) is 0 Å². The maximum atomic E-state index is 5.94. The molecule has 0 spiro atoms. The van der Waals surface area contributed by atoms with Crippen LogP contribution in [0.4, 0.5) is 0 Å². The molecule has 2 unspecified atom stereocenters. The molecule has 0 saturated carbocycles. The van der Waals surface area contributed by atoms with Crippen LogP contribution in [0.3, 0.4) is 0 Å². The number of aromatic nitrogens is 3. The Labute approximate surface area is 95.5 Å². The summed E-state index contributed by atoms with van der Waals surface area (Å²) >= 11 is 0. The zero-order valence-electron chi connectivity index (χ0n) is 10.0. The van der Waals surface area contributed by atoms with Crippen LogP contribution in [0.2, 0.25) is 0 Å². The second kappa shape index (κ2) is 4.22. The molecule has 0 fully saturated rings. The number of hydrogen-bond acceptors (Lipinski definition) is 3. The Hall–Kier alpha value is -1.42. The maximum Gasteiger partial charge on any atom is 0.159 e. The number of nitrogens with zero attached hydrogens (tertiary/aromatic N) is 3. The first kappa shape index (κ1) is 11.1. The Morgan fingerprint density at radius 2 is 2.19 bits per heavy atom. The molecule has 2 rings (SSSR count). The van der Waals surface area contributed by atoms with Gasteiger partial charge in [-0.05, 0) is 26.0 Å². The van der Waals surface area contributed by atoms with Gasteiger partial charge in [0.1, 0.15) is 11.3 Å². The van der Waals surface area contributed by atoms with Gasteiger partial charge in [0.2, 0.25) is 0 Å². The highest BCUT2D eigenvalue weighted by atomic mass is 15.1. The third-order valence-electron chi connectivity index (χ3n) is 3.05. The van der Waals surface area contributed by atoms with Gasteiger partial charge < -0.3 is 10.3 Å². The highest BCUT2D eigenvalue weighted by Gasteiger charge is 2.18. The van der Waals surface area contributed by atoms with Crippen molar-refractivity contribution in [2.45, 2.75) is 39.3 Å². The quantitative estimate of drug-likeness (QED) is 0.856. The summed E-state index contributed by atoms with van der Waals surface area (Å²) in [6.45, 7) is 7.10. The molecule has 0 saturated heterocycles. The summed E-state index contributed by atoms with van der Waals surface area (Å²) in [7, 11) is 0. The maximum absolute atomic E-state index is 5.94. The third-order valence-corrected chi connectivity index (χ3v) is 3.05. The predicted octanol–water partition coefficient (Wildman–Crippen LogP) is 1.90. The van der Waals surface area contributed by atoms with Crippen molar-refractivity contribution in [3.63, 3.8) is 0 Å². The number of aryl methyl sites for hydroxylation is 1. The fourth-order valence-corrected chi connectivity index (χ4v) is 1.87. The fraction of sp³-hybridized carbons (Fsp3) is 0.500. The molecule has 0 aliphatic rings. The van der Waals surface area contributed by atoms with Crippen molar-refractivity contribution >= 4 is 11.2 Å². The Balaban J connectivity index is 2.60. The number of hydrogen-bond donors (Lipinski definition) is 1. The lowest BCUT2D eigenvalue weighted by atomic mass is 10.0. The average molecular weight is 218 g/mol. The second-order valence-electron chi connectivity index (χ2n) is 4.21. The van der Waals surface area contributed by atoms with Gasteiger partial charge in [0.25, 0.3) is 0 Å². The van der Waals surface area contributed by atoms with Crippen molar-refractivity contribution in [1.82, 2.24) is 14.5 Å². The van der Waals surface area contributed by atoms with Gasteiger partial charge in [0.15, 0.2) is 5.65 Å². The highest BCUT2D eigenvalue weighted by Crippen LogP contribution is 2.22. The average Bonchev–Trinajstić information content (AvgIpc) is 2.65. The molecule has 4 nitrogen and oxygen atoms in total. The molecule has 16 heavy (non-hydrogen) atoms. The van der Waals surface area contributed by atoms with E-state index in [-0.39, 0.29) is 12.0 Å². The van der Waals surface area contributed by atoms with Gasteiger partial charge >= 0.3 is 0 Å². The monoisotopic (exact) mass is 218 g/mol. The number of imidazole rings is 1. The van der Waals surface area contributed by atoms with E-state index in [9.17, 15) is 0 Å². The summed E-state index contributed by atoms with van der Waals surface area (Å²) in [5, 5.41) is 0. The molecule has 2 N–H and O–H groups in total. The molecule has 2 heterocycles. The second-order valence-corrected chi connectivity index (χ2v) is 4.21.